The molecule has 112 valence electrons. The lowest BCUT2D eigenvalue weighted by Crippen LogP contribution is -2.41. The smallest absolute Gasteiger partial charge is 0.191 e. The molecule has 0 amide bonds. The molecule has 1 fully saturated rings. The molecular formula is C16H26IN3. The van der Waals surface area contributed by atoms with Gasteiger partial charge in [0, 0.05) is 19.6 Å². The number of likely N-dealkylation sites (tertiary alicyclic amines) is 1. The second kappa shape index (κ2) is 9.21. The lowest BCUT2D eigenvalue weighted by molar-refractivity contribution is 0.338. The van der Waals surface area contributed by atoms with Crippen molar-refractivity contribution in [2.24, 2.45) is 10.7 Å². The molecule has 1 heterocycles. The molecule has 0 spiro atoms. The molecule has 0 bridgehead atoms. The number of guanidine groups is 1. The minimum Gasteiger partial charge on any atom is -0.370 e. The van der Waals surface area contributed by atoms with Crippen LogP contribution in [0.1, 0.15) is 37.3 Å². The van der Waals surface area contributed by atoms with Crippen LogP contribution in [0.4, 0.5) is 0 Å². The van der Waals surface area contributed by atoms with Gasteiger partial charge in [-0.15, -0.1) is 24.0 Å². The third kappa shape index (κ3) is 5.31. The molecule has 0 unspecified atom stereocenters. The number of benzene rings is 1. The summed E-state index contributed by atoms with van der Waals surface area (Å²) in [5.74, 6) is 0.727. The number of halogens is 1. The number of piperidine rings is 1. The highest BCUT2D eigenvalue weighted by molar-refractivity contribution is 14.0. The van der Waals surface area contributed by atoms with Gasteiger partial charge < -0.3 is 10.6 Å². The summed E-state index contributed by atoms with van der Waals surface area (Å²) in [6.45, 7) is 5.10. The van der Waals surface area contributed by atoms with Crippen molar-refractivity contribution in [1.29, 1.82) is 0 Å². The molecule has 0 atom stereocenters. The highest BCUT2D eigenvalue weighted by atomic mass is 127. The predicted molar refractivity (Wildman–Crippen MR) is 96.9 cm³/mol. The SMILES string of the molecule is CCc1ccc(CCN=C(N)N2CCCCC2)cc1.I. The second-order valence-electron chi connectivity index (χ2n) is 5.21. The van der Waals surface area contributed by atoms with E-state index in [0.717, 1.165) is 38.4 Å². The fourth-order valence-electron chi connectivity index (χ4n) is 2.46. The van der Waals surface area contributed by atoms with Crippen LogP contribution in [-0.4, -0.2) is 30.5 Å². The highest BCUT2D eigenvalue weighted by Gasteiger charge is 2.11. The van der Waals surface area contributed by atoms with Gasteiger partial charge in [0.05, 0.1) is 0 Å². The summed E-state index contributed by atoms with van der Waals surface area (Å²) in [4.78, 5) is 6.72. The van der Waals surface area contributed by atoms with E-state index >= 15 is 0 Å². The van der Waals surface area contributed by atoms with E-state index in [-0.39, 0.29) is 24.0 Å². The number of hydrogen-bond donors (Lipinski definition) is 1. The highest BCUT2D eigenvalue weighted by Crippen LogP contribution is 2.08. The Labute approximate surface area is 139 Å². The topological polar surface area (TPSA) is 41.6 Å². The van der Waals surface area contributed by atoms with E-state index in [1.807, 2.05) is 0 Å². The molecule has 2 N–H and O–H groups in total. The Bertz CT molecular complexity index is 408. The van der Waals surface area contributed by atoms with Crippen LogP contribution in [0, 0.1) is 0 Å². The van der Waals surface area contributed by atoms with Gasteiger partial charge in [-0.1, -0.05) is 31.2 Å². The van der Waals surface area contributed by atoms with Gasteiger partial charge in [-0.3, -0.25) is 4.99 Å². The Hall–Kier alpha value is -0.780. The number of nitrogens with zero attached hydrogens (tertiary/aromatic N) is 2. The first-order valence-corrected chi connectivity index (χ1v) is 7.42. The van der Waals surface area contributed by atoms with Crippen molar-refractivity contribution in [2.45, 2.75) is 39.0 Å². The molecule has 0 radical (unpaired) electrons. The third-order valence-corrected chi connectivity index (χ3v) is 3.79. The van der Waals surface area contributed by atoms with Crippen molar-refractivity contribution in [3.05, 3.63) is 35.4 Å². The fourth-order valence-corrected chi connectivity index (χ4v) is 2.46. The number of rotatable bonds is 4. The molecule has 1 aliphatic heterocycles. The van der Waals surface area contributed by atoms with Crippen LogP contribution in [0.3, 0.4) is 0 Å². The van der Waals surface area contributed by atoms with Crippen molar-refractivity contribution >= 4 is 29.9 Å². The maximum absolute atomic E-state index is 6.03. The first kappa shape index (κ1) is 17.3. The van der Waals surface area contributed by atoms with Crippen LogP contribution in [0.25, 0.3) is 0 Å². The maximum Gasteiger partial charge on any atom is 0.191 e. The van der Waals surface area contributed by atoms with E-state index < -0.39 is 0 Å². The Morgan fingerprint density at radius 1 is 1.10 bits per heavy atom. The Balaban J connectivity index is 0.00000200. The van der Waals surface area contributed by atoms with Gasteiger partial charge in [0.25, 0.3) is 0 Å². The number of aliphatic imine (C=N–C) groups is 1. The van der Waals surface area contributed by atoms with Crippen LogP contribution >= 0.6 is 24.0 Å². The number of aryl methyl sites for hydroxylation is 1. The number of nitrogens with two attached hydrogens (primary N) is 1. The zero-order valence-corrected chi connectivity index (χ0v) is 14.7. The predicted octanol–water partition coefficient (Wildman–Crippen LogP) is 3.21. The average Bonchev–Trinajstić information content (AvgIpc) is 2.49. The minimum atomic E-state index is 0. The summed E-state index contributed by atoms with van der Waals surface area (Å²) in [6.07, 6.45) is 5.88. The molecule has 2 rings (SSSR count). The van der Waals surface area contributed by atoms with E-state index in [4.69, 9.17) is 5.73 Å². The summed E-state index contributed by atoms with van der Waals surface area (Å²) in [6, 6.07) is 8.80. The Morgan fingerprint density at radius 2 is 1.70 bits per heavy atom. The monoisotopic (exact) mass is 387 g/mol. The molecule has 1 aromatic carbocycles. The minimum absolute atomic E-state index is 0. The maximum atomic E-state index is 6.03. The van der Waals surface area contributed by atoms with Crippen molar-refractivity contribution < 1.29 is 0 Å². The molecule has 1 aliphatic rings. The summed E-state index contributed by atoms with van der Waals surface area (Å²) in [5.41, 5.74) is 8.76. The van der Waals surface area contributed by atoms with Gasteiger partial charge in [-0.25, -0.2) is 0 Å². The molecule has 1 saturated heterocycles. The van der Waals surface area contributed by atoms with Gasteiger partial charge in [0.15, 0.2) is 5.96 Å². The molecule has 0 saturated carbocycles. The first-order chi connectivity index (χ1) is 9.29. The largest absolute Gasteiger partial charge is 0.370 e. The molecule has 0 aliphatic carbocycles. The Morgan fingerprint density at radius 3 is 2.30 bits per heavy atom. The molecule has 3 nitrogen and oxygen atoms in total. The lowest BCUT2D eigenvalue weighted by atomic mass is 10.1. The Kier molecular flexibility index (Phi) is 7.95. The summed E-state index contributed by atoms with van der Waals surface area (Å²) in [7, 11) is 0. The molecule has 20 heavy (non-hydrogen) atoms. The van der Waals surface area contributed by atoms with E-state index in [1.165, 1.54) is 30.4 Å². The van der Waals surface area contributed by atoms with Crippen molar-refractivity contribution in [3.63, 3.8) is 0 Å². The summed E-state index contributed by atoms with van der Waals surface area (Å²) >= 11 is 0. The van der Waals surface area contributed by atoms with Crippen molar-refractivity contribution in [3.8, 4) is 0 Å². The quantitative estimate of drug-likeness (QED) is 0.490. The number of hydrogen-bond acceptors (Lipinski definition) is 1. The second-order valence-corrected chi connectivity index (χ2v) is 5.21. The van der Waals surface area contributed by atoms with E-state index in [2.05, 4.69) is 41.1 Å². The standard InChI is InChI=1S/C16H25N3.HI/c1-2-14-6-8-15(9-7-14)10-11-18-16(17)19-12-4-3-5-13-19;/h6-9H,2-5,10-13H2,1H3,(H2,17,18);1H. The van der Waals surface area contributed by atoms with E-state index in [9.17, 15) is 0 Å². The zero-order valence-electron chi connectivity index (χ0n) is 12.3. The van der Waals surface area contributed by atoms with Crippen LogP contribution < -0.4 is 5.73 Å². The molecule has 0 aromatic heterocycles. The van der Waals surface area contributed by atoms with Crippen molar-refractivity contribution in [2.75, 3.05) is 19.6 Å². The van der Waals surface area contributed by atoms with Crippen LogP contribution in [-0.2, 0) is 12.8 Å². The van der Waals surface area contributed by atoms with Gasteiger partial charge in [-0.2, -0.15) is 0 Å². The van der Waals surface area contributed by atoms with Crippen LogP contribution in [0.5, 0.6) is 0 Å². The molecular weight excluding hydrogens is 361 g/mol. The van der Waals surface area contributed by atoms with E-state index in [1.54, 1.807) is 0 Å². The average molecular weight is 387 g/mol. The summed E-state index contributed by atoms with van der Waals surface area (Å²) < 4.78 is 0. The van der Waals surface area contributed by atoms with Crippen LogP contribution in [0.15, 0.2) is 29.3 Å². The van der Waals surface area contributed by atoms with Gasteiger partial charge in [0.2, 0.25) is 0 Å². The first-order valence-electron chi connectivity index (χ1n) is 7.42. The van der Waals surface area contributed by atoms with Crippen LogP contribution in [0.2, 0.25) is 0 Å². The van der Waals surface area contributed by atoms with Gasteiger partial charge in [-0.05, 0) is 43.2 Å². The summed E-state index contributed by atoms with van der Waals surface area (Å²) in [5, 5.41) is 0. The van der Waals surface area contributed by atoms with Gasteiger partial charge in [0.1, 0.15) is 0 Å². The molecule has 4 heteroatoms. The zero-order chi connectivity index (χ0) is 13.5. The normalized spacial score (nSPS) is 15.8. The van der Waals surface area contributed by atoms with Crippen molar-refractivity contribution in [1.82, 2.24) is 4.90 Å². The van der Waals surface area contributed by atoms with Gasteiger partial charge >= 0.3 is 0 Å². The lowest BCUT2D eigenvalue weighted by Gasteiger charge is -2.27. The third-order valence-electron chi connectivity index (χ3n) is 3.79. The van der Waals surface area contributed by atoms with E-state index in [0.29, 0.717) is 0 Å². The molecule has 1 aromatic rings. The fraction of sp³-hybridized carbons (Fsp3) is 0.562.